The molecule has 0 aliphatic carbocycles. The second-order valence-electron chi connectivity index (χ2n) is 3.73. The zero-order valence-corrected chi connectivity index (χ0v) is 8.57. The molecule has 16 heavy (non-hydrogen) atoms. The van der Waals surface area contributed by atoms with Crippen LogP contribution in [-0.4, -0.2) is 23.7 Å². The van der Waals surface area contributed by atoms with E-state index in [4.69, 9.17) is 9.84 Å². The summed E-state index contributed by atoms with van der Waals surface area (Å²) in [6.45, 7) is 0.365. The number of halogens is 1. The number of ether oxygens (including phenoxy) is 1. The first-order chi connectivity index (χ1) is 7.65. The molecule has 1 aliphatic rings. The molecular formula is C11H12FNO3. The molecule has 0 fully saturated rings. The van der Waals surface area contributed by atoms with Gasteiger partial charge in [-0.1, -0.05) is 0 Å². The molecule has 2 N–H and O–H groups in total. The topological polar surface area (TPSA) is 58.6 Å². The molecule has 1 aliphatic heterocycles. The second kappa shape index (κ2) is 4.38. The summed E-state index contributed by atoms with van der Waals surface area (Å²) in [5, 5.41) is 11.7. The van der Waals surface area contributed by atoms with Crippen LogP contribution in [0.1, 0.15) is 12.8 Å². The average Bonchev–Trinajstić information content (AvgIpc) is 2.26. The van der Waals surface area contributed by atoms with E-state index in [9.17, 15) is 9.18 Å². The Morgan fingerprint density at radius 2 is 2.44 bits per heavy atom. The van der Waals surface area contributed by atoms with Crippen LogP contribution in [-0.2, 0) is 4.79 Å². The van der Waals surface area contributed by atoms with Crippen LogP contribution in [0, 0.1) is 5.82 Å². The summed E-state index contributed by atoms with van der Waals surface area (Å²) in [6.07, 6.45) is 0.587. The van der Waals surface area contributed by atoms with Gasteiger partial charge >= 0.3 is 5.97 Å². The molecule has 1 heterocycles. The maximum atomic E-state index is 12.9. The fourth-order valence-electron chi connectivity index (χ4n) is 1.64. The zero-order chi connectivity index (χ0) is 11.5. The van der Waals surface area contributed by atoms with Crippen molar-refractivity contribution in [2.45, 2.75) is 18.9 Å². The molecule has 5 heteroatoms. The van der Waals surface area contributed by atoms with Gasteiger partial charge in [0, 0.05) is 12.5 Å². The lowest BCUT2D eigenvalue weighted by Gasteiger charge is -2.27. The van der Waals surface area contributed by atoms with Gasteiger partial charge in [-0.2, -0.15) is 0 Å². The maximum absolute atomic E-state index is 12.9. The van der Waals surface area contributed by atoms with Gasteiger partial charge in [0.05, 0.1) is 11.7 Å². The fourth-order valence-corrected chi connectivity index (χ4v) is 1.64. The third-order valence-electron chi connectivity index (χ3n) is 2.45. The molecular weight excluding hydrogens is 213 g/mol. The van der Waals surface area contributed by atoms with Crippen molar-refractivity contribution in [2.24, 2.45) is 0 Å². The first-order valence-electron chi connectivity index (χ1n) is 5.06. The summed E-state index contributed by atoms with van der Waals surface area (Å²) in [5.41, 5.74) is 0.711. The Hall–Kier alpha value is -1.78. The minimum atomic E-state index is -0.827. The fraction of sp³-hybridized carbons (Fsp3) is 0.364. The minimum absolute atomic E-state index is 0.0333. The first-order valence-corrected chi connectivity index (χ1v) is 5.06. The van der Waals surface area contributed by atoms with Crippen molar-refractivity contribution in [3.05, 3.63) is 24.0 Å². The van der Waals surface area contributed by atoms with Gasteiger partial charge in [-0.05, 0) is 18.6 Å². The van der Waals surface area contributed by atoms with Gasteiger partial charge in [-0.25, -0.2) is 4.39 Å². The van der Waals surface area contributed by atoms with Crippen LogP contribution < -0.4 is 10.1 Å². The van der Waals surface area contributed by atoms with E-state index in [-0.39, 0.29) is 18.3 Å². The van der Waals surface area contributed by atoms with Gasteiger partial charge < -0.3 is 15.2 Å². The molecule has 0 radical (unpaired) electrons. The van der Waals surface area contributed by atoms with E-state index in [0.29, 0.717) is 24.5 Å². The Bertz CT molecular complexity index is 408. The van der Waals surface area contributed by atoms with Gasteiger partial charge in [-0.3, -0.25) is 4.79 Å². The number of fused-ring (bicyclic) bond motifs is 1. The minimum Gasteiger partial charge on any atom is -0.489 e. The highest BCUT2D eigenvalue weighted by atomic mass is 19.1. The Morgan fingerprint density at radius 3 is 3.19 bits per heavy atom. The molecule has 0 saturated carbocycles. The molecule has 1 atom stereocenters. The highest BCUT2D eigenvalue weighted by Gasteiger charge is 2.19. The van der Waals surface area contributed by atoms with Gasteiger partial charge in [0.1, 0.15) is 18.2 Å². The van der Waals surface area contributed by atoms with Crippen molar-refractivity contribution in [1.82, 2.24) is 0 Å². The molecule has 0 amide bonds. The van der Waals surface area contributed by atoms with E-state index < -0.39 is 5.97 Å². The lowest BCUT2D eigenvalue weighted by molar-refractivity contribution is -0.137. The van der Waals surface area contributed by atoms with E-state index in [1.807, 2.05) is 0 Å². The van der Waals surface area contributed by atoms with Crippen molar-refractivity contribution < 1.29 is 19.0 Å². The summed E-state index contributed by atoms with van der Waals surface area (Å²) in [7, 11) is 0. The SMILES string of the molecule is O=C(O)CCC1COc2cc(F)ccc2N1. The van der Waals surface area contributed by atoms with Gasteiger partial charge in [0.15, 0.2) is 0 Å². The molecule has 0 bridgehead atoms. The number of carbonyl (C=O) groups is 1. The van der Waals surface area contributed by atoms with Crippen LogP contribution in [0.4, 0.5) is 10.1 Å². The van der Waals surface area contributed by atoms with E-state index in [0.717, 1.165) is 0 Å². The van der Waals surface area contributed by atoms with Crippen molar-refractivity contribution in [2.75, 3.05) is 11.9 Å². The van der Waals surface area contributed by atoms with Crippen molar-refractivity contribution in [3.8, 4) is 5.75 Å². The first kappa shape index (κ1) is 10.7. The van der Waals surface area contributed by atoms with Crippen LogP contribution in [0.2, 0.25) is 0 Å². The molecule has 86 valence electrons. The van der Waals surface area contributed by atoms with E-state index in [1.165, 1.54) is 12.1 Å². The summed E-state index contributed by atoms with van der Waals surface area (Å²) < 4.78 is 18.2. The number of benzene rings is 1. The predicted octanol–water partition coefficient (Wildman–Crippen LogP) is 1.86. The van der Waals surface area contributed by atoms with E-state index in [2.05, 4.69) is 5.32 Å². The van der Waals surface area contributed by atoms with Crippen LogP contribution in [0.25, 0.3) is 0 Å². The quantitative estimate of drug-likeness (QED) is 0.824. The largest absolute Gasteiger partial charge is 0.489 e. The lowest BCUT2D eigenvalue weighted by atomic mass is 10.1. The smallest absolute Gasteiger partial charge is 0.303 e. The number of aliphatic carboxylic acids is 1. The Morgan fingerprint density at radius 1 is 1.62 bits per heavy atom. The van der Waals surface area contributed by atoms with Crippen LogP contribution >= 0.6 is 0 Å². The standard InChI is InChI=1S/C11H12FNO3/c12-7-1-3-9-10(5-7)16-6-8(13-9)2-4-11(14)15/h1,3,5,8,13H,2,4,6H2,(H,14,15). The van der Waals surface area contributed by atoms with E-state index in [1.54, 1.807) is 6.07 Å². The highest BCUT2D eigenvalue weighted by molar-refractivity contribution is 5.67. The Balaban J connectivity index is 2.01. The lowest BCUT2D eigenvalue weighted by Crippen LogP contribution is -2.31. The predicted molar refractivity (Wildman–Crippen MR) is 56.2 cm³/mol. The number of anilines is 1. The van der Waals surface area contributed by atoms with Gasteiger partial charge in [0.25, 0.3) is 0 Å². The van der Waals surface area contributed by atoms with Crippen LogP contribution in [0.5, 0.6) is 5.75 Å². The zero-order valence-electron chi connectivity index (χ0n) is 8.57. The molecule has 1 unspecified atom stereocenters. The average molecular weight is 225 g/mol. The van der Waals surface area contributed by atoms with Crippen molar-refractivity contribution in [3.63, 3.8) is 0 Å². The molecule has 2 rings (SSSR count). The molecule has 0 aromatic heterocycles. The number of carboxylic acid groups (broad SMARTS) is 1. The summed E-state index contributed by atoms with van der Waals surface area (Å²) >= 11 is 0. The van der Waals surface area contributed by atoms with E-state index >= 15 is 0 Å². The highest BCUT2D eigenvalue weighted by Crippen LogP contribution is 2.30. The van der Waals surface area contributed by atoms with Crippen LogP contribution in [0.15, 0.2) is 18.2 Å². The second-order valence-corrected chi connectivity index (χ2v) is 3.73. The molecule has 0 spiro atoms. The van der Waals surface area contributed by atoms with Crippen LogP contribution in [0.3, 0.4) is 0 Å². The summed E-state index contributed by atoms with van der Waals surface area (Å²) in [6, 6.07) is 4.22. The third kappa shape index (κ3) is 2.42. The number of carboxylic acids is 1. The summed E-state index contributed by atoms with van der Waals surface area (Å²) in [5.74, 6) is -0.692. The molecule has 4 nitrogen and oxygen atoms in total. The Labute approximate surface area is 92.0 Å². The molecule has 0 saturated heterocycles. The normalized spacial score (nSPS) is 18.2. The number of hydrogen-bond donors (Lipinski definition) is 2. The monoisotopic (exact) mass is 225 g/mol. The third-order valence-corrected chi connectivity index (χ3v) is 2.45. The summed E-state index contributed by atoms with van der Waals surface area (Å²) in [4.78, 5) is 10.4. The van der Waals surface area contributed by atoms with Gasteiger partial charge in [-0.15, -0.1) is 0 Å². The number of rotatable bonds is 3. The van der Waals surface area contributed by atoms with Crippen molar-refractivity contribution >= 4 is 11.7 Å². The van der Waals surface area contributed by atoms with Crippen molar-refractivity contribution in [1.29, 1.82) is 0 Å². The molecule has 1 aromatic carbocycles. The maximum Gasteiger partial charge on any atom is 0.303 e. The van der Waals surface area contributed by atoms with Gasteiger partial charge in [0.2, 0.25) is 0 Å². The Kier molecular flexibility index (Phi) is 2.94. The number of hydrogen-bond acceptors (Lipinski definition) is 3. The number of nitrogens with one attached hydrogen (secondary N) is 1. The molecule has 1 aromatic rings.